The molecule has 0 unspecified atom stereocenters. The van der Waals surface area contributed by atoms with Crippen molar-refractivity contribution in [3.63, 3.8) is 0 Å². The molecule has 0 saturated heterocycles. The number of ketones is 1. The average molecular weight is 258 g/mol. The van der Waals surface area contributed by atoms with Gasteiger partial charge in [0.1, 0.15) is 11.5 Å². The van der Waals surface area contributed by atoms with Crippen LogP contribution in [-0.4, -0.2) is 10.9 Å². The second-order valence-corrected chi connectivity index (χ2v) is 5.02. The van der Waals surface area contributed by atoms with Gasteiger partial charge in [-0.3, -0.25) is 4.79 Å². The second kappa shape index (κ2) is 3.99. The number of aromatic hydroxyl groups is 1. The zero-order valence-electron chi connectivity index (χ0n) is 9.64. The number of fused-ring (bicyclic) bond motifs is 1. The maximum atomic E-state index is 12.1. The number of carbonyl (C=O) groups excluding carboxylic acids is 1. The zero-order valence-corrected chi connectivity index (χ0v) is 10.5. The molecule has 0 fully saturated rings. The number of hydrogen-bond acceptors (Lipinski definition) is 4. The normalized spacial score (nSPS) is 15.8. The predicted octanol–water partition coefficient (Wildman–Crippen LogP) is 3.38. The van der Waals surface area contributed by atoms with Gasteiger partial charge >= 0.3 is 0 Å². The van der Waals surface area contributed by atoms with Crippen molar-refractivity contribution >= 4 is 23.2 Å². The molecule has 0 spiro atoms. The summed E-state index contributed by atoms with van der Waals surface area (Å²) in [5.41, 5.74) is 1.10. The fourth-order valence-electron chi connectivity index (χ4n) is 1.88. The van der Waals surface area contributed by atoms with Crippen molar-refractivity contribution < 1.29 is 14.6 Å². The lowest BCUT2D eigenvalue weighted by molar-refractivity contribution is 0.101. The lowest BCUT2D eigenvalue weighted by Gasteiger charge is -2.03. The van der Waals surface area contributed by atoms with E-state index in [9.17, 15) is 9.90 Å². The summed E-state index contributed by atoms with van der Waals surface area (Å²) in [6, 6.07) is 6.95. The first kappa shape index (κ1) is 11.0. The van der Waals surface area contributed by atoms with Gasteiger partial charge in [-0.05, 0) is 30.5 Å². The standard InChI is InChI=1S/C14H10O3S/c1-8-11(15)5-4-10-13(16)12(17-14(8)10)7-9-3-2-6-18-9/h2-7,15H,1H3. The van der Waals surface area contributed by atoms with Crippen LogP contribution in [-0.2, 0) is 0 Å². The van der Waals surface area contributed by atoms with E-state index in [4.69, 9.17) is 4.74 Å². The van der Waals surface area contributed by atoms with E-state index in [0.717, 1.165) is 4.88 Å². The van der Waals surface area contributed by atoms with E-state index in [1.54, 1.807) is 19.1 Å². The van der Waals surface area contributed by atoms with Gasteiger partial charge in [0.15, 0.2) is 5.76 Å². The Morgan fingerprint density at radius 1 is 1.33 bits per heavy atom. The highest BCUT2D eigenvalue weighted by molar-refractivity contribution is 7.10. The monoisotopic (exact) mass is 258 g/mol. The fourth-order valence-corrected chi connectivity index (χ4v) is 2.52. The Bertz CT molecular complexity index is 654. The Hall–Kier alpha value is -2.07. The van der Waals surface area contributed by atoms with Crippen molar-refractivity contribution in [1.82, 2.24) is 0 Å². The van der Waals surface area contributed by atoms with Gasteiger partial charge in [-0.2, -0.15) is 0 Å². The third-order valence-electron chi connectivity index (χ3n) is 2.87. The van der Waals surface area contributed by atoms with Crippen molar-refractivity contribution in [3.8, 4) is 11.5 Å². The number of Topliss-reactive ketones (excluding diaryl/α,β-unsaturated/α-hetero) is 1. The minimum Gasteiger partial charge on any atom is -0.508 e. The first-order valence-electron chi connectivity index (χ1n) is 5.47. The number of phenolic OH excluding ortho intramolecular Hbond substituents is 1. The lowest BCUT2D eigenvalue weighted by atomic mass is 10.1. The summed E-state index contributed by atoms with van der Waals surface area (Å²) in [4.78, 5) is 13.1. The van der Waals surface area contributed by atoms with E-state index >= 15 is 0 Å². The molecule has 0 amide bonds. The number of ether oxygens (including phenoxy) is 1. The molecule has 0 atom stereocenters. The van der Waals surface area contributed by atoms with Crippen LogP contribution in [0.5, 0.6) is 11.5 Å². The van der Waals surface area contributed by atoms with Crippen molar-refractivity contribution in [2.75, 3.05) is 0 Å². The lowest BCUT2D eigenvalue weighted by Crippen LogP contribution is -1.97. The molecule has 3 nitrogen and oxygen atoms in total. The number of thiophene rings is 1. The Morgan fingerprint density at radius 3 is 2.89 bits per heavy atom. The van der Waals surface area contributed by atoms with Crippen LogP contribution in [0, 0.1) is 6.92 Å². The maximum Gasteiger partial charge on any atom is 0.232 e. The molecule has 1 aromatic carbocycles. The maximum absolute atomic E-state index is 12.1. The van der Waals surface area contributed by atoms with Crippen LogP contribution in [0.4, 0.5) is 0 Å². The zero-order chi connectivity index (χ0) is 12.7. The highest BCUT2D eigenvalue weighted by Gasteiger charge is 2.29. The van der Waals surface area contributed by atoms with Crippen molar-refractivity contribution in [3.05, 3.63) is 51.4 Å². The molecule has 2 heterocycles. The third kappa shape index (κ3) is 1.62. The van der Waals surface area contributed by atoms with Crippen LogP contribution in [0.3, 0.4) is 0 Å². The molecule has 0 saturated carbocycles. The predicted molar refractivity (Wildman–Crippen MR) is 70.1 cm³/mol. The van der Waals surface area contributed by atoms with Crippen LogP contribution >= 0.6 is 11.3 Å². The van der Waals surface area contributed by atoms with Crippen LogP contribution < -0.4 is 4.74 Å². The van der Waals surface area contributed by atoms with E-state index in [1.807, 2.05) is 17.5 Å². The van der Waals surface area contributed by atoms with Gasteiger partial charge in [0.2, 0.25) is 5.78 Å². The molecule has 1 N–H and O–H groups in total. The first-order chi connectivity index (χ1) is 8.66. The highest BCUT2D eigenvalue weighted by Crippen LogP contribution is 2.38. The Kier molecular flexibility index (Phi) is 2.45. The van der Waals surface area contributed by atoms with Gasteiger partial charge in [-0.1, -0.05) is 6.07 Å². The van der Waals surface area contributed by atoms with Crippen LogP contribution in [0.1, 0.15) is 20.8 Å². The number of rotatable bonds is 1. The minimum absolute atomic E-state index is 0.137. The van der Waals surface area contributed by atoms with Gasteiger partial charge in [0.05, 0.1) is 5.56 Å². The van der Waals surface area contributed by atoms with Gasteiger partial charge in [-0.15, -0.1) is 11.3 Å². The molecule has 0 radical (unpaired) electrons. The SMILES string of the molecule is Cc1c(O)ccc2c1OC(=Cc1cccs1)C2=O. The van der Waals surface area contributed by atoms with Crippen LogP contribution in [0.15, 0.2) is 35.4 Å². The average Bonchev–Trinajstić information content (AvgIpc) is 2.95. The summed E-state index contributed by atoms with van der Waals surface area (Å²) in [5.74, 6) is 0.768. The topological polar surface area (TPSA) is 46.5 Å². The molecule has 90 valence electrons. The molecule has 0 aliphatic carbocycles. The Morgan fingerprint density at radius 2 is 2.17 bits per heavy atom. The van der Waals surface area contributed by atoms with Crippen LogP contribution in [0.25, 0.3) is 6.08 Å². The van der Waals surface area contributed by atoms with Crippen molar-refractivity contribution in [2.45, 2.75) is 6.92 Å². The van der Waals surface area contributed by atoms with Crippen LogP contribution in [0.2, 0.25) is 0 Å². The summed E-state index contributed by atoms with van der Waals surface area (Å²) < 4.78 is 5.56. The molecular formula is C14H10O3S. The quantitative estimate of drug-likeness (QED) is 0.798. The van der Waals surface area contributed by atoms with Gasteiger partial charge in [0.25, 0.3) is 0 Å². The molecule has 0 bridgehead atoms. The number of phenols is 1. The van der Waals surface area contributed by atoms with Crippen molar-refractivity contribution in [1.29, 1.82) is 0 Å². The summed E-state index contributed by atoms with van der Waals surface area (Å²) >= 11 is 1.54. The second-order valence-electron chi connectivity index (χ2n) is 4.04. The largest absolute Gasteiger partial charge is 0.508 e. The number of carbonyl (C=O) groups is 1. The minimum atomic E-state index is -0.137. The Balaban J connectivity index is 2.07. The molecule has 2 aromatic rings. The molecule has 18 heavy (non-hydrogen) atoms. The Labute approximate surface area is 108 Å². The summed E-state index contributed by atoms with van der Waals surface area (Å²) in [6.45, 7) is 1.73. The summed E-state index contributed by atoms with van der Waals surface area (Å²) in [7, 11) is 0. The highest BCUT2D eigenvalue weighted by atomic mass is 32.1. The van der Waals surface area contributed by atoms with E-state index < -0.39 is 0 Å². The van der Waals surface area contributed by atoms with Gasteiger partial charge < -0.3 is 9.84 Å². The molecule has 1 aliphatic heterocycles. The summed E-state index contributed by atoms with van der Waals surface area (Å²) in [5, 5.41) is 11.5. The number of allylic oxidation sites excluding steroid dienone is 1. The summed E-state index contributed by atoms with van der Waals surface area (Å²) in [6.07, 6.45) is 1.73. The van der Waals surface area contributed by atoms with Crippen molar-refractivity contribution in [2.24, 2.45) is 0 Å². The number of benzene rings is 1. The molecule has 1 aromatic heterocycles. The van der Waals surface area contributed by atoms with E-state index in [1.165, 1.54) is 17.4 Å². The number of hydrogen-bond donors (Lipinski definition) is 1. The first-order valence-corrected chi connectivity index (χ1v) is 6.35. The fraction of sp³-hybridized carbons (Fsp3) is 0.0714. The van der Waals surface area contributed by atoms with E-state index in [2.05, 4.69) is 0 Å². The molecular weight excluding hydrogens is 248 g/mol. The van der Waals surface area contributed by atoms with E-state index in [-0.39, 0.29) is 11.5 Å². The molecule has 4 heteroatoms. The van der Waals surface area contributed by atoms with E-state index in [0.29, 0.717) is 22.6 Å². The smallest absolute Gasteiger partial charge is 0.232 e. The molecule has 3 rings (SSSR count). The molecule has 1 aliphatic rings. The van der Waals surface area contributed by atoms with Gasteiger partial charge in [-0.25, -0.2) is 0 Å². The van der Waals surface area contributed by atoms with Gasteiger partial charge in [0, 0.05) is 16.5 Å². The third-order valence-corrected chi connectivity index (χ3v) is 3.69.